The number of nitrogens with two attached hydrogens (primary N) is 2. The number of rotatable bonds is 18. The molecule has 4 unspecified atom stereocenters. The van der Waals surface area contributed by atoms with E-state index >= 15 is 0 Å². The van der Waals surface area contributed by atoms with Gasteiger partial charge in [0.1, 0.15) is 23.5 Å². The molecule has 0 radical (unpaired) electrons. The monoisotopic (exact) mass is 1050 g/mol. The number of nitrogen functional groups attached to an aromatic ring is 2. The molecule has 0 saturated heterocycles. The Kier molecular flexibility index (Phi) is 18.8. The molecule has 0 bridgehead atoms. The predicted octanol–water partition coefficient (Wildman–Crippen LogP) is -3.57. The van der Waals surface area contributed by atoms with E-state index in [0.29, 0.717) is 60.6 Å². The third-order valence-electron chi connectivity index (χ3n) is 10.5. The molecule has 26 nitrogen and oxygen atoms in total. The number of aromatic amines is 2. The molecule has 352 valence electrons. The first kappa shape index (κ1) is 52.6. The van der Waals surface area contributed by atoms with E-state index in [0.717, 1.165) is 0 Å². The summed E-state index contributed by atoms with van der Waals surface area (Å²) in [6, 6.07) is 9.88. The van der Waals surface area contributed by atoms with Gasteiger partial charge in [-0.15, -0.1) is 0 Å². The molecule has 2 aliphatic rings. The second-order valence-corrected chi connectivity index (χ2v) is 15.1. The smallest absolute Gasteiger partial charge is 0.550 e. The zero-order valence-electron chi connectivity index (χ0n) is 36.2. The van der Waals surface area contributed by atoms with Crippen molar-refractivity contribution in [3.05, 3.63) is 80.4 Å². The minimum Gasteiger partial charge on any atom is -0.550 e. The Morgan fingerprint density at radius 3 is 1.33 bits per heavy atom. The molecule has 0 fully saturated rings. The number of aliphatic carboxylic acids is 4. The van der Waals surface area contributed by atoms with Crippen LogP contribution in [0.1, 0.15) is 46.4 Å². The molecule has 2 aromatic heterocycles. The molecule has 27 heteroatoms. The van der Waals surface area contributed by atoms with Gasteiger partial charge in [-0.3, -0.25) is 29.1 Å². The summed E-state index contributed by atoms with van der Waals surface area (Å²) in [6.45, 7) is 2.00. The van der Waals surface area contributed by atoms with E-state index in [4.69, 9.17) is 21.7 Å². The van der Waals surface area contributed by atoms with Crippen LogP contribution in [-0.4, -0.2) is 179 Å². The number of benzene rings is 2. The second-order valence-electron chi connectivity index (χ2n) is 15.1. The zero-order valence-corrected chi connectivity index (χ0v) is 40.7. The van der Waals surface area contributed by atoms with Crippen molar-refractivity contribution in [2.24, 2.45) is 0 Å². The summed E-state index contributed by atoms with van der Waals surface area (Å²) in [5, 5.41) is 56.7. The number of carbonyl (C=O) groups is 6. The van der Waals surface area contributed by atoms with E-state index in [2.05, 4.69) is 51.8 Å². The molecule has 2 aromatic carbocycles. The number of nitrogens with zero attached hydrogens (tertiary/aromatic N) is 4. The average molecular weight is 1050 g/mol. The van der Waals surface area contributed by atoms with Gasteiger partial charge in [-0.1, -0.05) is 0 Å². The number of amides is 2. The average Bonchev–Trinajstić information content (AvgIpc) is 3.25. The zero-order chi connectivity index (χ0) is 48.2. The molecule has 67 heavy (non-hydrogen) atoms. The fourth-order valence-electron chi connectivity index (χ4n) is 6.83. The normalized spacial score (nSPS) is 15.4. The number of H-pyrrole nitrogens is 2. The molecule has 4 heterocycles. The van der Waals surface area contributed by atoms with Gasteiger partial charge in [0.25, 0.3) is 22.9 Å². The molecule has 4 atom stereocenters. The van der Waals surface area contributed by atoms with E-state index in [1.165, 1.54) is 24.3 Å². The SMILES string of the molecule is CN1c2c(nc(N)[nH]c2=O)NCC1CNc1ccc(C(=O)NC(CCC(=O)[O-])C(=O)O)cc1.CN1c2c(nc(N)[nH]c2=O)NCC1CNc1ccc(C(=O)NC(CCC(=O)[O-])C(=O)O)cc1.[Ba+2]. The van der Waals surface area contributed by atoms with Crippen LogP contribution in [0.15, 0.2) is 58.1 Å². The summed E-state index contributed by atoms with van der Waals surface area (Å²) in [5.41, 5.74) is 13.1. The summed E-state index contributed by atoms with van der Waals surface area (Å²) >= 11 is 0. The van der Waals surface area contributed by atoms with Gasteiger partial charge in [0, 0.05) is 74.7 Å². The first-order valence-corrected chi connectivity index (χ1v) is 20.2. The first-order chi connectivity index (χ1) is 31.3. The molecule has 0 saturated carbocycles. The number of carboxylic acids is 4. The number of hydrogen-bond donors (Lipinski definition) is 12. The number of likely N-dealkylation sites (N-methyl/N-ethyl adjacent to an activating group) is 2. The van der Waals surface area contributed by atoms with Crippen molar-refractivity contribution < 1.29 is 49.2 Å². The fourth-order valence-corrected chi connectivity index (χ4v) is 6.83. The van der Waals surface area contributed by atoms with Crippen molar-refractivity contribution in [1.29, 1.82) is 0 Å². The van der Waals surface area contributed by atoms with Crippen molar-refractivity contribution >= 4 is 131 Å². The van der Waals surface area contributed by atoms with Crippen LogP contribution in [0.2, 0.25) is 0 Å². The Labute approximate surface area is 420 Å². The molecule has 2 amide bonds. The topological polar surface area (TPSA) is 411 Å². The van der Waals surface area contributed by atoms with Gasteiger partial charge in [0.2, 0.25) is 11.9 Å². The number of carbonyl (C=O) groups excluding carboxylic acids is 4. The van der Waals surface area contributed by atoms with Crippen LogP contribution in [-0.2, 0) is 19.2 Å². The molecule has 6 rings (SSSR count). The summed E-state index contributed by atoms with van der Waals surface area (Å²) in [5.74, 6) is -5.79. The summed E-state index contributed by atoms with van der Waals surface area (Å²) < 4.78 is 0. The largest absolute Gasteiger partial charge is 2.00 e. The predicted molar refractivity (Wildman–Crippen MR) is 242 cm³/mol. The molecular formula is C40H48BaN14O12. The van der Waals surface area contributed by atoms with E-state index in [9.17, 15) is 48.6 Å². The number of hydrogen-bond acceptors (Lipinski definition) is 20. The molecule has 0 spiro atoms. The van der Waals surface area contributed by atoms with Gasteiger partial charge < -0.3 is 83.2 Å². The Morgan fingerprint density at radius 2 is 1.01 bits per heavy atom. The van der Waals surface area contributed by atoms with Crippen molar-refractivity contribution in [2.75, 3.05) is 82.8 Å². The number of anilines is 8. The minimum absolute atomic E-state index is 0. The minimum atomic E-state index is -1.39. The van der Waals surface area contributed by atoms with Gasteiger partial charge in [0.15, 0.2) is 11.6 Å². The third-order valence-corrected chi connectivity index (χ3v) is 10.5. The second kappa shape index (κ2) is 24.0. The standard InChI is InChI=1S/2C20H25N7O6.Ba/c2*1-27-12(9-23-16-15(27)18(31)26-20(21)25-16)8-22-11-4-2-10(3-5-11)17(30)24-13(19(32)33)6-7-14(28)29;/h2*2-5,12-13,22H,6-9H2,1H3,(H,24,30)(H,28,29)(H,32,33)(H4,21,23,25,26,31);/q;;+2/p-2. The van der Waals surface area contributed by atoms with Crippen LogP contribution in [0.5, 0.6) is 0 Å². The Morgan fingerprint density at radius 1 is 0.672 bits per heavy atom. The van der Waals surface area contributed by atoms with E-state index in [-0.39, 0.29) is 108 Å². The quantitative estimate of drug-likeness (QED) is 0.0429. The number of carboxylic acid groups (broad SMARTS) is 4. The summed E-state index contributed by atoms with van der Waals surface area (Å²) in [7, 11) is 3.57. The molecular weight excluding hydrogens is 1010 g/mol. The maximum atomic E-state index is 12.3. The molecule has 4 aromatic rings. The summed E-state index contributed by atoms with van der Waals surface area (Å²) in [4.78, 5) is 109. The number of fused-ring (bicyclic) bond motifs is 2. The van der Waals surface area contributed by atoms with E-state index in [1.807, 2.05) is 9.80 Å². The van der Waals surface area contributed by atoms with Crippen molar-refractivity contribution in [2.45, 2.75) is 49.9 Å². The molecule has 14 N–H and O–H groups in total. The van der Waals surface area contributed by atoms with Crippen LogP contribution in [0.25, 0.3) is 0 Å². The number of nitrogens with one attached hydrogen (secondary N) is 8. The van der Waals surface area contributed by atoms with Crippen LogP contribution in [0, 0.1) is 0 Å². The number of aromatic nitrogens is 4. The van der Waals surface area contributed by atoms with Crippen LogP contribution < -0.4 is 74.5 Å². The maximum absolute atomic E-state index is 12.3. The maximum Gasteiger partial charge on any atom is 2.00 e. The Hall–Kier alpha value is -7.01. The fraction of sp³-hybridized carbons (Fsp3) is 0.350. The molecule has 2 aliphatic heterocycles. The van der Waals surface area contributed by atoms with Crippen LogP contribution >= 0.6 is 0 Å². The van der Waals surface area contributed by atoms with Crippen molar-refractivity contribution in [1.82, 2.24) is 30.6 Å². The third kappa shape index (κ3) is 14.5. The van der Waals surface area contributed by atoms with E-state index < -0.39 is 60.6 Å². The Bertz CT molecular complexity index is 2380. The van der Waals surface area contributed by atoms with Gasteiger partial charge in [-0.2, -0.15) is 9.97 Å². The van der Waals surface area contributed by atoms with Gasteiger partial charge in [0.05, 0.1) is 12.1 Å². The van der Waals surface area contributed by atoms with Crippen LogP contribution in [0.3, 0.4) is 0 Å². The van der Waals surface area contributed by atoms with Gasteiger partial charge in [-0.25, -0.2) is 9.59 Å². The van der Waals surface area contributed by atoms with E-state index in [1.54, 1.807) is 38.4 Å². The van der Waals surface area contributed by atoms with Crippen molar-refractivity contribution in [3.63, 3.8) is 0 Å². The van der Waals surface area contributed by atoms with Gasteiger partial charge >= 0.3 is 60.8 Å². The van der Waals surface area contributed by atoms with Crippen LogP contribution in [0.4, 0.5) is 46.3 Å². The Balaban J connectivity index is 0.000000288. The van der Waals surface area contributed by atoms with Gasteiger partial charge in [-0.05, 0) is 74.2 Å². The van der Waals surface area contributed by atoms with Crippen molar-refractivity contribution in [3.8, 4) is 0 Å². The molecule has 0 aliphatic carbocycles. The first-order valence-electron chi connectivity index (χ1n) is 20.2. The summed E-state index contributed by atoms with van der Waals surface area (Å²) in [6.07, 6.45) is -1.52.